The third-order valence-electron chi connectivity index (χ3n) is 2.75. The van der Waals surface area contributed by atoms with E-state index < -0.39 is 10.0 Å². The zero-order valence-corrected chi connectivity index (χ0v) is 13.0. The van der Waals surface area contributed by atoms with Crippen molar-refractivity contribution in [3.8, 4) is 0 Å². The Labute approximate surface area is 122 Å². The van der Waals surface area contributed by atoms with Gasteiger partial charge in [0.1, 0.15) is 0 Å². The van der Waals surface area contributed by atoms with Crippen molar-refractivity contribution < 1.29 is 8.42 Å². The molecule has 0 saturated carbocycles. The zero-order chi connectivity index (χ0) is 15.0. The Bertz CT molecular complexity index is 501. The van der Waals surface area contributed by atoms with Crippen LogP contribution in [-0.2, 0) is 10.0 Å². The summed E-state index contributed by atoms with van der Waals surface area (Å²) >= 11 is 0. The molecule has 5 nitrogen and oxygen atoms in total. The highest BCUT2D eigenvalue weighted by Crippen LogP contribution is 2.15. The molecule has 0 heterocycles. The average Bonchev–Trinajstić information content (AvgIpc) is 2.37. The first kappa shape index (κ1) is 16.9. The monoisotopic (exact) mass is 299 g/mol. The van der Waals surface area contributed by atoms with Crippen LogP contribution in [0.4, 0.5) is 5.69 Å². The van der Waals surface area contributed by atoms with E-state index in [0.29, 0.717) is 6.54 Å². The summed E-state index contributed by atoms with van der Waals surface area (Å²) in [4.78, 5) is 0.290. The topological polar surface area (TPSA) is 84.2 Å². The lowest BCUT2D eigenvalue weighted by atomic mass is 10.2. The van der Waals surface area contributed by atoms with Gasteiger partial charge in [-0.15, -0.1) is 0 Å². The third-order valence-corrected chi connectivity index (χ3v) is 4.40. The van der Waals surface area contributed by atoms with Crippen molar-refractivity contribution >= 4 is 15.7 Å². The molecule has 0 atom stereocenters. The third kappa shape index (κ3) is 5.90. The zero-order valence-electron chi connectivity index (χ0n) is 12.2. The Morgan fingerprint density at radius 3 is 2.60 bits per heavy atom. The van der Waals surface area contributed by atoms with Crippen LogP contribution in [0, 0.1) is 0 Å². The largest absolute Gasteiger partial charge is 0.385 e. The molecule has 0 saturated heterocycles. The summed E-state index contributed by atoms with van der Waals surface area (Å²) in [5.41, 5.74) is 6.26. The lowest BCUT2D eigenvalue weighted by molar-refractivity contribution is 0.570. The van der Waals surface area contributed by atoms with Crippen LogP contribution in [0.3, 0.4) is 0 Å². The molecule has 0 bridgehead atoms. The maximum absolute atomic E-state index is 12.1. The number of hydrogen-bond acceptors (Lipinski definition) is 4. The van der Waals surface area contributed by atoms with E-state index in [9.17, 15) is 8.42 Å². The summed E-state index contributed by atoms with van der Waals surface area (Å²) in [5, 5.41) is 3.24. The predicted octanol–water partition coefficient (Wildman–Crippen LogP) is 1.91. The molecule has 0 fully saturated rings. The number of anilines is 1. The molecule has 20 heavy (non-hydrogen) atoms. The normalized spacial score (nSPS) is 11.8. The lowest BCUT2D eigenvalue weighted by Gasteiger charge is -2.11. The molecule has 0 aliphatic heterocycles. The minimum absolute atomic E-state index is 0.118. The van der Waals surface area contributed by atoms with Crippen LogP contribution < -0.4 is 15.8 Å². The van der Waals surface area contributed by atoms with Gasteiger partial charge in [0.15, 0.2) is 0 Å². The molecule has 0 aliphatic rings. The Morgan fingerprint density at radius 1 is 1.20 bits per heavy atom. The van der Waals surface area contributed by atoms with Gasteiger partial charge in [-0.1, -0.05) is 12.5 Å². The second-order valence-electron chi connectivity index (χ2n) is 5.08. The molecule has 1 aromatic rings. The minimum Gasteiger partial charge on any atom is -0.385 e. The van der Waals surface area contributed by atoms with E-state index in [1.54, 1.807) is 32.0 Å². The van der Waals surface area contributed by atoms with E-state index >= 15 is 0 Å². The van der Waals surface area contributed by atoms with Crippen LogP contribution >= 0.6 is 0 Å². The summed E-state index contributed by atoms with van der Waals surface area (Å²) in [6.07, 6.45) is 3.13. The van der Waals surface area contributed by atoms with Crippen molar-refractivity contribution in [1.29, 1.82) is 0 Å². The highest BCUT2D eigenvalue weighted by atomic mass is 32.2. The predicted molar refractivity (Wildman–Crippen MR) is 83.3 cm³/mol. The molecule has 0 spiro atoms. The molecule has 0 radical (unpaired) electrons. The van der Waals surface area contributed by atoms with Gasteiger partial charge in [-0.25, -0.2) is 13.1 Å². The first-order chi connectivity index (χ1) is 9.45. The lowest BCUT2D eigenvalue weighted by Crippen LogP contribution is -2.30. The van der Waals surface area contributed by atoms with Crippen LogP contribution in [0.5, 0.6) is 0 Å². The summed E-state index contributed by atoms with van der Waals surface area (Å²) in [6, 6.07) is 6.76. The van der Waals surface area contributed by atoms with Crippen LogP contribution in [0.15, 0.2) is 29.2 Å². The van der Waals surface area contributed by atoms with E-state index in [1.807, 2.05) is 6.07 Å². The molecule has 0 aliphatic carbocycles. The molecule has 114 valence electrons. The van der Waals surface area contributed by atoms with Gasteiger partial charge in [0.2, 0.25) is 10.0 Å². The summed E-state index contributed by atoms with van der Waals surface area (Å²) in [5.74, 6) is 0. The van der Waals surface area contributed by atoms with Gasteiger partial charge in [-0.05, 0) is 51.4 Å². The number of rotatable bonds is 9. The molecule has 1 aromatic carbocycles. The van der Waals surface area contributed by atoms with Crippen molar-refractivity contribution in [2.24, 2.45) is 5.73 Å². The van der Waals surface area contributed by atoms with E-state index in [-0.39, 0.29) is 10.9 Å². The van der Waals surface area contributed by atoms with Crippen molar-refractivity contribution in [3.05, 3.63) is 24.3 Å². The molecule has 0 amide bonds. The van der Waals surface area contributed by atoms with Gasteiger partial charge in [-0.2, -0.15) is 0 Å². The van der Waals surface area contributed by atoms with Gasteiger partial charge < -0.3 is 11.1 Å². The molecule has 0 aromatic heterocycles. The highest BCUT2D eigenvalue weighted by Gasteiger charge is 2.15. The smallest absolute Gasteiger partial charge is 0.240 e. The number of benzene rings is 1. The fourth-order valence-electron chi connectivity index (χ4n) is 1.83. The number of sulfonamides is 1. The Morgan fingerprint density at radius 2 is 1.95 bits per heavy atom. The van der Waals surface area contributed by atoms with E-state index in [2.05, 4.69) is 10.0 Å². The number of nitrogens with two attached hydrogens (primary N) is 1. The number of nitrogens with one attached hydrogen (secondary N) is 2. The fourth-order valence-corrected chi connectivity index (χ4v) is 3.13. The SMILES string of the molecule is CC(C)NS(=O)(=O)c1cccc(NCCCCCN)c1. The quantitative estimate of drug-likeness (QED) is 0.608. The fraction of sp³-hybridized carbons (Fsp3) is 0.571. The second-order valence-corrected chi connectivity index (χ2v) is 6.79. The van der Waals surface area contributed by atoms with E-state index in [4.69, 9.17) is 5.73 Å². The Kier molecular flexibility index (Phi) is 6.98. The van der Waals surface area contributed by atoms with E-state index in [1.165, 1.54) is 0 Å². The Hall–Kier alpha value is -1.11. The van der Waals surface area contributed by atoms with Crippen molar-refractivity contribution in [2.75, 3.05) is 18.4 Å². The molecule has 1 rings (SSSR count). The first-order valence-electron chi connectivity index (χ1n) is 7.02. The van der Waals surface area contributed by atoms with Crippen molar-refractivity contribution in [2.45, 2.75) is 44.0 Å². The standard InChI is InChI=1S/C14H25N3O2S/c1-12(2)17-20(18,19)14-8-6-7-13(11-14)16-10-5-3-4-9-15/h6-8,11-12,16-17H,3-5,9-10,15H2,1-2H3. The van der Waals surface area contributed by atoms with E-state index in [0.717, 1.165) is 31.5 Å². The van der Waals surface area contributed by atoms with Crippen LogP contribution in [-0.4, -0.2) is 27.5 Å². The number of unbranched alkanes of at least 4 members (excludes halogenated alkanes) is 2. The van der Waals surface area contributed by atoms with Gasteiger partial charge >= 0.3 is 0 Å². The van der Waals surface area contributed by atoms with Gasteiger partial charge in [0, 0.05) is 18.3 Å². The summed E-state index contributed by atoms with van der Waals surface area (Å²) in [7, 11) is -3.43. The second kappa shape index (κ2) is 8.24. The van der Waals surface area contributed by atoms with Crippen LogP contribution in [0.1, 0.15) is 33.1 Å². The average molecular weight is 299 g/mol. The van der Waals surface area contributed by atoms with Crippen LogP contribution in [0.25, 0.3) is 0 Å². The molecule has 6 heteroatoms. The Balaban J connectivity index is 2.62. The highest BCUT2D eigenvalue weighted by molar-refractivity contribution is 7.89. The van der Waals surface area contributed by atoms with Gasteiger partial charge in [-0.3, -0.25) is 0 Å². The maximum atomic E-state index is 12.1. The minimum atomic E-state index is -3.43. The molecular weight excluding hydrogens is 274 g/mol. The molecular formula is C14H25N3O2S. The molecule has 0 unspecified atom stereocenters. The van der Waals surface area contributed by atoms with Gasteiger partial charge in [0.05, 0.1) is 4.90 Å². The van der Waals surface area contributed by atoms with Crippen LogP contribution in [0.2, 0.25) is 0 Å². The summed E-state index contributed by atoms with van der Waals surface area (Å²) < 4.78 is 26.7. The summed E-state index contributed by atoms with van der Waals surface area (Å²) in [6.45, 7) is 5.14. The molecule has 4 N–H and O–H groups in total. The van der Waals surface area contributed by atoms with Crippen molar-refractivity contribution in [3.63, 3.8) is 0 Å². The first-order valence-corrected chi connectivity index (χ1v) is 8.50. The van der Waals surface area contributed by atoms with Gasteiger partial charge in [0.25, 0.3) is 0 Å². The number of hydrogen-bond donors (Lipinski definition) is 3. The van der Waals surface area contributed by atoms with Crippen molar-refractivity contribution in [1.82, 2.24) is 4.72 Å². The maximum Gasteiger partial charge on any atom is 0.240 e.